The molecule has 10 nitrogen and oxygen atoms in total. The molecular weight excluding hydrogens is 1370 g/mol. The van der Waals surface area contributed by atoms with Gasteiger partial charge in [-0.1, -0.05) is 213 Å². The molecule has 478 valence electrons. The number of thiophene rings is 2. The van der Waals surface area contributed by atoms with Crippen LogP contribution in [0.3, 0.4) is 0 Å². The number of carbonyl (C=O) groups is 2. The third kappa shape index (κ3) is 8.92. The van der Waals surface area contributed by atoms with Gasteiger partial charge in [0.05, 0.1) is 20.6 Å². The number of aromatic nitrogens is 4. The van der Waals surface area contributed by atoms with Gasteiger partial charge in [0, 0.05) is 42.8 Å². The zero-order valence-corrected chi connectivity index (χ0v) is 59.4. The Hall–Kier alpha value is -11.8. The molecule has 16 heteroatoms. The average molecular weight is 1420 g/mol. The highest BCUT2D eigenvalue weighted by molar-refractivity contribution is 7.32. The number of nitrogens with zero attached hydrogens (tertiary/aromatic N) is 8. The van der Waals surface area contributed by atoms with Crippen LogP contribution in [-0.4, -0.2) is 31.5 Å². The molecular formula is C86H46N8O2S6. The quantitative estimate of drug-likeness (QED) is 0.105. The fraction of sp³-hybridized carbons (Fsp3) is 0.0698. The van der Waals surface area contributed by atoms with E-state index < -0.39 is 10.8 Å². The summed E-state index contributed by atoms with van der Waals surface area (Å²) in [7, 11) is 0. The number of Topliss-reactive ketones (excluding diaryl/α,β-unsaturated/α-hetero) is 2. The van der Waals surface area contributed by atoms with Crippen molar-refractivity contribution in [2.45, 2.75) is 38.5 Å². The molecule has 19 rings (SSSR count). The first-order valence-electron chi connectivity index (χ1n) is 32.8. The monoisotopic (exact) mass is 1410 g/mol. The molecule has 102 heavy (non-hydrogen) atoms. The summed E-state index contributed by atoms with van der Waals surface area (Å²) in [4.78, 5) is 53.1. The molecule has 0 saturated carbocycles. The van der Waals surface area contributed by atoms with Gasteiger partial charge in [0.2, 0.25) is 0 Å². The van der Waals surface area contributed by atoms with E-state index in [0.717, 1.165) is 70.4 Å². The number of benzene rings is 9. The molecule has 0 atom stereocenters. The third-order valence-corrected chi connectivity index (χ3v) is 26.9. The van der Waals surface area contributed by atoms with Crippen LogP contribution in [0, 0.1) is 73.0 Å². The van der Waals surface area contributed by atoms with Gasteiger partial charge in [0.1, 0.15) is 55.5 Å². The normalized spacial score (nSPS) is 15.0. The molecule has 0 spiro atoms. The molecule has 4 aliphatic rings. The molecule has 6 heterocycles. The molecule has 0 N–H and O–H groups in total. The van der Waals surface area contributed by atoms with Gasteiger partial charge in [-0.05, 0) is 177 Å². The van der Waals surface area contributed by atoms with Crippen molar-refractivity contribution >= 4 is 142 Å². The molecule has 0 unspecified atom stereocenters. The minimum atomic E-state index is -0.774. The molecule has 0 aliphatic heterocycles. The van der Waals surface area contributed by atoms with Crippen molar-refractivity contribution in [3.05, 3.63) is 315 Å². The van der Waals surface area contributed by atoms with Gasteiger partial charge in [0.25, 0.3) is 0 Å². The fourth-order valence-electron chi connectivity index (χ4n) is 15.8. The molecule has 6 aromatic heterocycles. The minimum absolute atomic E-state index is 0.117. The Morgan fingerprint density at radius 2 is 0.667 bits per heavy atom. The number of nitriles is 4. The van der Waals surface area contributed by atoms with Crippen molar-refractivity contribution in [2.75, 3.05) is 0 Å². The molecule has 0 fully saturated rings. The number of carbonyl (C=O) groups excluding carboxylic acids is 2. The van der Waals surface area contributed by atoms with Gasteiger partial charge in [-0.3, -0.25) is 9.59 Å². The summed E-state index contributed by atoms with van der Waals surface area (Å²) >= 11 is 9.23. The molecule has 9 aromatic carbocycles. The number of ketones is 2. The Bertz CT molecular complexity index is 6040. The zero-order chi connectivity index (χ0) is 69.2. The number of fused-ring (bicyclic) bond motifs is 12. The van der Waals surface area contributed by atoms with Crippen LogP contribution in [0.15, 0.2) is 216 Å². The highest BCUT2D eigenvalue weighted by atomic mass is 32.1. The summed E-state index contributed by atoms with van der Waals surface area (Å²) in [5.74, 6) is -0.495. The Labute approximate surface area is 608 Å². The van der Waals surface area contributed by atoms with Crippen LogP contribution in [0.5, 0.6) is 0 Å². The predicted octanol–water partition coefficient (Wildman–Crippen LogP) is 21.7. The van der Waals surface area contributed by atoms with Crippen LogP contribution < -0.4 is 0 Å². The lowest BCUT2D eigenvalue weighted by Gasteiger charge is -2.36. The van der Waals surface area contributed by atoms with Crippen molar-refractivity contribution in [1.82, 2.24) is 19.9 Å². The highest BCUT2D eigenvalue weighted by Gasteiger charge is 2.52. The predicted molar refractivity (Wildman–Crippen MR) is 413 cm³/mol. The summed E-state index contributed by atoms with van der Waals surface area (Å²) < 4.78 is 2.25. The largest absolute Gasteiger partial charge is 0.289 e. The zero-order valence-electron chi connectivity index (χ0n) is 54.5. The second-order valence-electron chi connectivity index (χ2n) is 26.2. The first-order valence-corrected chi connectivity index (χ1v) is 37.7. The Morgan fingerprint density at radius 3 is 1.00 bits per heavy atom. The van der Waals surface area contributed by atoms with Gasteiger partial charge in [-0.2, -0.15) is 21.0 Å². The highest BCUT2D eigenvalue weighted by Crippen LogP contribution is 2.64. The smallest absolute Gasteiger partial charge is 0.194 e. The number of rotatable bonds is 8. The summed E-state index contributed by atoms with van der Waals surface area (Å²) in [5.41, 5.74) is 20.3. The number of hydrogen-bond donors (Lipinski definition) is 0. The lowest BCUT2D eigenvalue weighted by molar-refractivity contribution is 0.103. The first kappa shape index (κ1) is 61.3. The van der Waals surface area contributed by atoms with E-state index in [1.54, 1.807) is 83.4 Å². The minimum Gasteiger partial charge on any atom is -0.289 e. The lowest BCUT2D eigenvalue weighted by Crippen LogP contribution is -2.30. The second kappa shape index (κ2) is 22.9. The van der Waals surface area contributed by atoms with Crippen LogP contribution in [0.2, 0.25) is 0 Å². The number of aryl methyl sites for hydroxylation is 4. The third-order valence-electron chi connectivity index (χ3n) is 20.4. The van der Waals surface area contributed by atoms with E-state index >= 15 is 0 Å². The van der Waals surface area contributed by atoms with Crippen LogP contribution in [0.1, 0.15) is 109 Å². The summed E-state index contributed by atoms with van der Waals surface area (Å²) in [6.45, 7) is 8.60. The number of hydrogen-bond acceptors (Lipinski definition) is 16. The molecule has 4 aliphatic carbocycles. The van der Waals surface area contributed by atoms with Crippen molar-refractivity contribution in [3.63, 3.8) is 0 Å². The van der Waals surface area contributed by atoms with Gasteiger partial charge < -0.3 is 0 Å². The second-order valence-corrected chi connectivity index (χ2v) is 32.3. The van der Waals surface area contributed by atoms with E-state index in [1.807, 2.05) is 24.3 Å². The summed E-state index contributed by atoms with van der Waals surface area (Å²) in [6, 6.07) is 78.1. The number of thiazole rings is 4. The van der Waals surface area contributed by atoms with Crippen molar-refractivity contribution in [1.29, 1.82) is 21.0 Å². The van der Waals surface area contributed by atoms with Crippen molar-refractivity contribution in [3.8, 4) is 66.3 Å². The number of allylic oxidation sites excluding steroid dienone is 6. The van der Waals surface area contributed by atoms with Gasteiger partial charge >= 0.3 is 0 Å². The molecule has 0 amide bonds. The van der Waals surface area contributed by atoms with Crippen LogP contribution >= 0.6 is 68.0 Å². The van der Waals surface area contributed by atoms with Crippen LogP contribution in [-0.2, 0) is 10.8 Å². The molecule has 0 radical (unpaired) electrons. The van der Waals surface area contributed by atoms with E-state index in [9.17, 15) is 30.6 Å². The Kier molecular flexibility index (Phi) is 13.7. The average Bonchev–Trinajstić information content (AvgIpc) is 1.50. The van der Waals surface area contributed by atoms with Crippen molar-refractivity contribution in [2.24, 2.45) is 0 Å². The fourth-order valence-corrected chi connectivity index (χ4v) is 22.0. The molecule has 0 bridgehead atoms. The Balaban J connectivity index is 0.781. The van der Waals surface area contributed by atoms with Gasteiger partial charge in [-0.25, -0.2) is 19.9 Å². The SMILES string of the molecule is Cc1ccc(C2(c3ccc(C)cc3)c3cc4c(cc3-c3cc5cc(-c6nc7sc(/C=C8\C(=O)c9ccccc9C8=C(C#N)C#N)nc7s6)sc5cc32)C(c2ccc(C)cc2)(c2ccc(C)cc2)c2cc3sc(-c5nc6sc(/C=C7\C(=O)c8ccccc8C7=C(C#N)C#N)nc6s5)cc3cc2-4)cc1. The van der Waals surface area contributed by atoms with E-state index in [-0.39, 0.29) is 33.9 Å². The van der Waals surface area contributed by atoms with E-state index in [2.05, 4.69) is 173 Å². The Morgan fingerprint density at radius 1 is 0.353 bits per heavy atom. The summed E-state index contributed by atoms with van der Waals surface area (Å²) in [5, 5.41) is 45.0. The van der Waals surface area contributed by atoms with Crippen LogP contribution in [0.4, 0.5) is 0 Å². The van der Waals surface area contributed by atoms with E-state index in [1.165, 1.54) is 123 Å². The van der Waals surface area contributed by atoms with Crippen LogP contribution in [0.25, 0.3) is 105 Å². The van der Waals surface area contributed by atoms with Crippen molar-refractivity contribution < 1.29 is 9.59 Å². The van der Waals surface area contributed by atoms with Gasteiger partial charge in [-0.15, -0.1) is 22.7 Å². The first-order chi connectivity index (χ1) is 49.7. The summed E-state index contributed by atoms with van der Waals surface area (Å²) in [6.07, 6.45) is 3.39. The van der Waals surface area contributed by atoms with E-state index in [4.69, 9.17) is 19.9 Å². The van der Waals surface area contributed by atoms with Gasteiger partial charge in [0.15, 0.2) is 30.9 Å². The maximum atomic E-state index is 13.9. The standard InChI is InChI=1S/C86H46N8O2S6/c1-43-13-21-51(22-14-43)85(52-23-15-44(2)16-24-52)65-33-62-60-30-48-32-72(80-94-84-82(102-80)92-74(100-84)36-64-76(50(41-89)42-90)56-10-6-8-12-58(56)78(64)96)98-70(48)38-68(60)86(53-25-17-45(3)18-26-53,54-27-19-46(4)20-28-54)66(62)34-61(65)59-29-47-31-71(97-69(47)37-67(59)85)79-93-83-81(101-79)91-73(99-83)35-63-75(49(39-87)40-88)55-9-5-7-11-57(55)77(63)95/h5-38H,1-4H3/b63-35-,64-36-. The van der Waals surface area contributed by atoms with E-state index in [0.29, 0.717) is 43.4 Å². The topological polar surface area (TPSA) is 181 Å². The molecule has 0 saturated heterocycles. The maximum absolute atomic E-state index is 13.9. The lowest BCUT2D eigenvalue weighted by atomic mass is 9.65. The molecule has 15 aromatic rings. The maximum Gasteiger partial charge on any atom is 0.194 e.